The minimum Gasteiger partial charge on any atom is -0.457 e. The predicted octanol–water partition coefficient (Wildman–Crippen LogP) is 4.34. The fraction of sp³-hybridized carbons (Fsp3) is 0.160. The van der Waals surface area contributed by atoms with Crippen molar-refractivity contribution < 1.29 is 13.9 Å². The van der Waals surface area contributed by atoms with E-state index in [0.29, 0.717) is 28.9 Å². The average molecular weight is 431 g/mol. The van der Waals surface area contributed by atoms with Crippen molar-refractivity contribution in [2.24, 2.45) is 0 Å². The normalized spacial score (nSPS) is 10.8. The Morgan fingerprint density at radius 2 is 1.72 bits per heavy atom. The molecular formula is C25H22FN3O3. The van der Waals surface area contributed by atoms with E-state index in [1.54, 1.807) is 30.3 Å². The van der Waals surface area contributed by atoms with Gasteiger partial charge in [-0.2, -0.15) is 0 Å². The smallest absolute Gasteiger partial charge is 0.261 e. The number of amides is 1. The topological polar surface area (TPSA) is 73.2 Å². The summed E-state index contributed by atoms with van der Waals surface area (Å²) in [7, 11) is 0. The maximum Gasteiger partial charge on any atom is 0.261 e. The molecule has 3 aromatic carbocycles. The Morgan fingerprint density at radius 1 is 1.03 bits per heavy atom. The van der Waals surface area contributed by atoms with E-state index in [2.05, 4.69) is 10.3 Å². The van der Waals surface area contributed by atoms with E-state index < -0.39 is 0 Å². The van der Waals surface area contributed by atoms with Crippen LogP contribution in [0, 0.1) is 12.7 Å². The maximum absolute atomic E-state index is 13.0. The lowest BCUT2D eigenvalue weighted by Gasteiger charge is -2.09. The molecule has 0 aliphatic heterocycles. The van der Waals surface area contributed by atoms with Crippen LogP contribution in [0.2, 0.25) is 0 Å². The fourth-order valence-corrected chi connectivity index (χ4v) is 3.32. The summed E-state index contributed by atoms with van der Waals surface area (Å²) in [6.45, 7) is 2.53. The fourth-order valence-electron chi connectivity index (χ4n) is 3.32. The molecule has 0 radical (unpaired) electrons. The molecule has 7 heteroatoms. The zero-order valence-electron chi connectivity index (χ0n) is 17.5. The van der Waals surface area contributed by atoms with E-state index in [-0.39, 0.29) is 30.2 Å². The number of nitrogens with one attached hydrogen (secondary N) is 1. The Hall–Kier alpha value is -4.00. The van der Waals surface area contributed by atoms with Crippen molar-refractivity contribution in [2.75, 3.05) is 0 Å². The summed E-state index contributed by atoms with van der Waals surface area (Å²) < 4.78 is 20.1. The molecule has 0 fully saturated rings. The molecule has 1 heterocycles. The van der Waals surface area contributed by atoms with Gasteiger partial charge in [-0.1, -0.05) is 24.3 Å². The van der Waals surface area contributed by atoms with Crippen LogP contribution in [0.4, 0.5) is 4.39 Å². The van der Waals surface area contributed by atoms with Crippen LogP contribution in [0.3, 0.4) is 0 Å². The number of benzene rings is 3. The molecular weight excluding hydrogens is 409 g/mol. The number of para-hydroxylation sites is 1. The molecule has 4 rings (SSSR count). The Kier molecular flexibility index (Phi) is 6.26. The highest BCUT2D eigenvalue weighted by Crippen LogP contribution is 2.21. The predicted molar refractivity (Wildman–Crippen MR) is 120 cm³/mol. The van der Waals surface area contributed by atoms with E-state index in [0.717, 1.165) is 11.1 Å². The van der Waals surface area contributed by atoms with Crippen molar-refractivity contribution in [3.05, 3.63) is 100 Å². The molecule has 0 bridgehead atoms. The molecule has 0 unspecified atom stereocenters. The van der Waals surface area contributed by atoms with Gasteiger partial charge in [-0.3, -0.25) is 14.2 Å². The minimum absolute atomic E-state index is 0.150. The Labute approximate surface area is 184 Å². The zero-order chi connectivity index (χ0) is 22.5. The van der Waals surface area contributed by atoms with Crippen molar-refractivity contribution >= 4 is 16.8 Å². The third-order valence-corrected chi connectivity index (χ3v) is 5.10. The second-order valence-corrected chi connectivity index (χ2v) is 7.44. The molecule has 0 aliphatic carbocycles. The number of rotatable bonds is 7. The number of hydrogen-bond donors (Lipinski definition) is 1. The van der Waals surface area contributed by atoms with Gasteiger partial charge in [-0.05, 0) is 60.5 Å². The van der Waals surface area contributed by atoms with Gasteiger partial charge in [0.15, 0.2) is 0 Å². The first-order valence-corrected chi connectivity index (χ1v) is 10.2. The van der Waals surface area contributed by atoms with Crippen molar-refractivity contribution in [1.82, 2.24) is 14.9 Å². The third-order valence-electron chi connectivity index (χ3n) is 5.10. The highest BCUT2D eigenvalue weighted by atomic mass is 19.1. The Morgan fingerprint density at radius 3 is 2.44 bits per heavy atom. The van der Waals surface area contributed by atoms with Gasteiger partial charge >= 0.3 is 0 Å². The van der Waals surface area contributed by atoms with Crippen LogP contribution in [0.25, 0.3) is 10.9 Å². The van der Waals surface area contributed by atoms with Crippen molar-refractivity contribution in [3.8, 4) is 11.5 Å². The van der Waals surface area contributed by atoms with E-state index in [9.17, 15) is 14.0 Å². The molecule has 0 atom stereocenters. The Balaban J connectivity index is 1.29. The first-order valence-electron chi connectivity index (χ1n) is 10.2. The molecule has 0 aliphatic rings. The lowest BCUT2D eigenvalue weighted by Crippen LogP contribution is -2.27. The largest absolute Gasteiger partial charge is 0.457 e. The molecule has 4 aromatic rings. The third kappa shape index (κ3) is 5.00. The standard InChI is InChI=1S/C25H22FN3O3/c1-17-3-2-4-22-24(17)28-16-29(25(22)31)14-13-23(30)27-15-18-5-9-20(10-6-18)32-21-11-7-19(26)8-12-21/h2-12,16H,13-15H2,1H3,(H,27,30). The van der Waals surface area contributed by atoms with Crippen LogP contribution in [0.15, 0.2) is 77.9 Å². The highest BCUT2D eigenvalue weighted by molar-refractivity contribution is 5.80. The number of aryl methyl sites for hydroxylation is 2. The van der Waals surface area contributed by atoms with E-state index in [4.69, 9.17) is 4.74 Å². The lowest BCUT2D eigenvalue weighted by molar-refractivity contribution is -0.121. The SMILES string of the molecule is Cc1cccc2c(=O)n(CCC(=O)NCc3ccc(Oc4ccc(F)cc4)cc3)cnc12. The van der Waals surface area contributed by atoms with Crippen LogP contribution in [-0.4, -0.2) is 15.5 Å². The first-order chi connectivity index (χ1) is 15.5. The monoisotopic (exact) mass is 431 g/mol. The van der Waals surface area contributed by atoms with Gasteiger partial charge in [0.2, 0.25) is 5.91 Å². The number of fused-ring (bicyclic) bond motifs is 1. The molecule has 32 heavy (non-hydrogen) atoms. The van der Waals surface area contributed by atoms with E-state index in [1.165, 1.54) is 23.0 Å². The van der Waals surface area contributed by atoms with Crippen molar-refractivity contribution in [3.63, 3.8) is 0 Å². The van der Waals surface area contributed by atoms with Crippen LogP contribution in [-0.2, 0) is 17.9 Å². The molecule has 6 nitrogen and oxygen atoms in total. The number of carbonyl (C=O) groups is 1. The molecule has 0 saturated heterocycles. The summed E-state index contributed by atoms with van der Waals surface area (Å²) in [6.07, 6.45) is 1.66. The van der Waals surface area contributed by atoms with Crippen LogP contribution in [0.5, 0.6) is 11.5 Å². The van der Waals surface area contributed by atoms with E-state index in [1.807, 2.05) is 31.2 Å². The summed E-state index contributed by atoms with van der Waals surface area (Å²) in [4.78, 5) is 29.2. The molecule has 162 valence electrons. The number of aromatic nitrogens is 2. The molecule has 1 aromatic heterocycles. The van der Waals surface area contributed by atoms with Gasteiger partial charge in [0, 0.05) is 19.5 Å². The van der Waals surface area contributed by atoms with Gasteiger partial charge in [0.05, 0.1) is 17.2 Å². The summed E-state index contributed by atoms with van der Waals surface area (Å²) in [5.41, 5.74) is 2.39. The lowest BCUT2D eigenvalue weighted by atomic mass is 10.1. The highest BCUT2D eigenvalue weighted by Gasteiger charge is 2.08. The second kappa shape index (κ2) is 9.43. The van der Waals surface area contributed by atoms with Gasteiger partial charge in [-0.25, -0.2) is 9.37 Å². The first kappa shape index (κ1) is 21.2. The van der Waals surface area contributed by atoms with Crippen LogP contribution in [0.1, 0.15) is 17.5 Å². The van der Waals surface area contributed by atoms with Gasteiger partial charge < -0.3 is 10.1 Å². The molecule has 0 spiro atoms. The maximum atomic E-state index is 13.0. The van der Waals surface area contributed by atoms with Gasteiger partial charge in [0.1, 0.15) is 17.3 Å². The Bertz CT molecular complexity index is 1300. The summed E-state index contributed by atoms with van der Waals surface area (Å²) in [5, 5.41) is 3.40. The molecule has 0 saturated carbocycles. The minimum atomic E-state index is -0.319. The number of carbonyl (C=O) groups excluding carboxylic acids is 1. The summed E-state index contributed by atoms with van der Waals surface area (Å²) in [5.74, 6) is 0.680. The quantitative estimate of drug-likeness (QED) is 0.472. The number of halogens is 1. The number of hydrogen-bond acceptors (Lipinski definition) is 4. The molecule has 1 N–H and O–H groups in total. The summed E-state index contributed by atoms with van der Waals surface area (Å²) in [6, 6.07) is 18.5. The zero-order valence-corrected chi connectivity index (χ0v) is 17.5. The number of ether oxygens (including phenoxy) is 1. The van der Waals surface area contributed by atoms with Crippen molar-refractivity contribution in [2.45, 2.75) is 26.4 Å². The molecule has 1 amide bonds. The van der Waals surface area contributed by atoms with Crippen molar-refractivity contribution in [1.29, 1.82) is 0 Å². The average Bonchev–Trinajstić information content (AvgIpc) is 2.80. The second-order valence-electron chi connectivity index (χ2n) is 7.44. The number of nitrogens with zero attached hydrogens (tertiary/aromatic N) is 2. The van der Waals surface area contributed by atoms with Gasteiger partial charge in [-0.15, -0.1) is 0 Å². The van der Waals surface area contributed by atoms with E-state index >= 15 is 0 Å². The summed E-state index contributed by atoms with van der Waals surface area (Å²) >= 11 is 0. The van der Waals surface area contributed by atoms with Crippen LogP contribution < -0.4 is 15.6 Å². The van der Waals surface area contributed by atoms with Gasteiger partial charge in [0.25, 0.3) is 5.56 Å². The van der Waals surface area contributed by atoms with Crippen LogP contribution >= 0.6 is 0 Å².